The Labute approximate surface area is 90.0 Å². The van der Waals surface area contributed by atoms with Gasteiger partial charge in [0.2, 0.25) is 0 Å². The Morgan fingerprint density at radius 2 is 2.21 bits per heavy atom. The Bertz CT molecular complexity index is 211. The monoisotopic (exact) mass is 216 g/mol. The van der Waals surface area contributed by atoms with Gasteiger partial charge in [0, 0.05) is 18.8 Å². The molecule has 0 radical (unpaired) electrons. The SMILES string of the molecule is CN1CCC(O)(C2(N)CCCSC2)C1. The van der Waals surface area contributed by atoms with Crippen LogP contribution < -0.4 is 5.73 Å². The number of thioether (sulfide) groups is 1. The molecule has 3 N–H and O–H groups in total. The van der Waals surface area contributed by atoms with Crippen molar-refractivity contribution >= 4 is 11.8 Å². The van der Waals surface area contributed by atoms with Crippen molar-refractivity contribution in [3.05, 3.63) is 0 Å². The highest BCUT2D eigenvalue weighted by Crippen LogP contribution is 2.38. The van der Waals surface area contributed by atoms with Gasteiger partial charge in [0.25, 0.3) is 0 Å². The molecule has 0 bridgehead atoms. The van der Waals surface area contributed by atoms with Crippen molar-refractivity contribution in [1.82, 2.24) is 4.90 Å². The van der Waals surface area contributed by atoms with Crippen molar-refractivity contribution in [3.63, 3.8) is 0 Å². The summed E-state index contributed by atoms with van der Waals surface area (Å²) in [5, 5.41) is 10.6. The van der Waals surface area contributed by atoms with Gasteiger partial charge in [-0.25, -0.2) is 0 Å². The molecule has 0 saturated carbocycles. The minimum Gasteiger partial charge on any atom is -0.387 e. The zero-order valence-electron chi connectivity index (χ0n) is 8.83. The number of rotatable bonds is 1. The van der Waals surface area contributed by atoms with Crippen molar-refractivity contribution in [2.75, 3.05) is 31.6 Å². The average molecular weight is 216 g/mol. The maximum absolute atomic E-state index is 10.6. The van der Waals surface area contributed by atoms with E-state index in [0.29, 0.717) is 0 Å². The molecule has 14 heavy (non-hydrogen) atoms. The molecular formula is C10H20N2OS. The first-order valence-electron chi connectivity index (χ1n) is 5.33. The van der Waals surface area contributed by atoms with E-state index in [2.05, 4.69) is 11.9 Å². The van der Waals surface area contributed by atoms with Crippen LogP contribution in [0.15, 0.2) is 0 Å². The van der Waals surface area contributed by atoms with Crippen LogP contribution in [-0.2, 0) is 0 Å². The van der Waals surface area contributed by atoms with Crippen molar-refractivity contribution < 1.29 is 5.11 Å². The van der Waals surface area contributed by atoms with Crippen LogP contribution >= 0.6 is 11.8 Å². The van der Waals surface area contributed by atoms with Crippen LogP contribution in [0.25, 0.3) is 0 Å². The summed E-state index contributed by atoms with van der Waals surface area (Å²) in [6.07, 6.45) is 2.96. The van der Waals surface area contributed by atoms with E-state index in [1.165, 1.54) is 5.75 Å². The van der Waals surface area contributed by atoms with Crippen LogP contribution in [0, 0.1) is 0 Å². The van der Waals surface area contributed by atoms with E-state index in [4.69, 9.17) is 5.73 Å². The van der Waals surface area contributed by atoms with Gasteiger partial charge in [0.15, 0.2) is 0 Å². The van der Waals surface area contributed by atoms with Gasteiger partial charge < -0.3 is 15.7 Å². The average Bonchev–Trinajstić information content (AvgIpc) is 2.49. The van der Waals surface area contributed by atoms with E-state index in [9.17, 15) is 5.11 Å². The zero-order chi connectivity index (χ0) is 10.2. The summed E-state index contributed by atoms with van der Waals surface area (Å²) < 4.78 is 0. The normalized spacial score (nSPS) is 45.6. The van der Waals surface area contributed by atoms with E-state index in [-0.39, 0.29) is 5.54 Å². The molecule has 3 nitrogen and oxygen atoms in total. The molecular weight excluding hydrogens is 196 g/mol. The second-order valence-corrected chi connectivity index (χ2v) is 5.94. The molecule has 2 aliphatic heterocycles. The molecule has 0 aromatic heterocycles. The zero-order valence-corrected chi connectivity index (χ0v) is 9.65. The van der Waals surface area contributed by atoms with E-state index >= 15 is 0 Å². The summed E-state index contributed by atoms with van der Waals surface area (Å²) in [5.74, 6) is 2.11. The fourth-order valence-corrected chi connectivity index (χ4v) is 3.84. The number of β-amino-alcohol motifs (C(OH)–C–C–N with tert-alkyl or cyclic N) is 1. The minimum atomic E-state index is -0.644. The number of hydrogen-bond acceptors (Lipinski definition) is 4. The number of nitrogens with zero attached hydrogens (tertiary/aromatic N) is 1. The van der Waals surface area contributed by atoms with Gasteiger partial charge in [-0.2, -0.15) is 11.8 Å². The number of nitrogens with two attached hydrogens (primary N) is 1. The Morgan fingerprint density at radius 1 is 1.43 bits per heavy atom. The highest BCUT2D eigenvalue weighted by atomic mass is 32.2. The lowest BCUT2D eigenvalue weighted by atomic mass is 9.77. The minimum absolute atomic E-state index is 0.347. The second-order valence-electron chi connectivity index (χ2n) is 4.83. The van der Waals surface area contributed by atoms with Crippen molar-refractivity contribution in [3.8, 4) is 0 Å². The molecule has 0 aliphatic carbocycles. The summed E-state index contributed by atoms with van der Waals surface area (Å²) in [5.41, 5.74) is 5.37. The topological polar surface area (TPSA) is 49.5 Å². The van der Waals surface area contributed by atoms with E-state index in [0.717, 1.165) is 38.1 Å². The maximum atomic E-state index is 10.6. The smallest absolute Gasteiger partial charge is 0.0972 e. The predicted octanol–water partition coefficient (Wildman–Crippen LogP) is 0.277. The Morgan fingerprint density at radius 3 is 2.71 bits per heavy atom. The van der Waals surface area contributed by atoms with Gasteiger partial charge in [-0.1, -0.05) is 0 Å². The number of likely N-dealkylation sites (N-methyl/N-ethyl adjacent to an activating group) is 1. The van der Waals surface area contributed by atoms with Crippen molar-refractivity contribution in [2.24, 2.45) is 5.73 Å². The van der Waals surface area contributed by atoms with Crippen LogP contribution in [0.1, 0.15) is 19.3 Å². The number of aliphatic hydroxyl groups is 1. The molecule has 2 heterocycles. The summed E-state index contributed by atoms with van der Waals surface area (Å²) in [6.45, 7) is 1.71. The highest BCUT2D eigenvalue weighted by Gasteiger charge is 2.51. The number of hydrogen-bond donors (Lipinski definition) is 2. The quantitative estimate of drug-likeness (QED) is 0.661. The third-order valence-corrected chi connectivity index (χ3v) is 4.93. The van der Waals surface area contributed by atoms with Gasteiger partial charge in [-0.3, -0.25) is 0 Å². The van der Waals surface area contributed by atoms with E-state index in [1.807, 2.05) is 11.8 Å². The lowest BCUT2D eigenvalue weighted by Gasteiger charge is -2.44. The molecule has 0 aromatic carbocycles. The molecule has 2 rings (SSSR count). The first kappa shape index (κ1) is 10.7. The molecule has 82 valence electrons. The van der Waals surface area contributed by atoms with E-state index in [1.54, 1.807) is 0 Å². The molecule has 0 spiro atoms. The maximum Gasteiger partial charge on any atom is 0.0972 e. The van der Waals surface area contributed by atoms with Crippen LogP contribution in [0.5, 0.6) is 0 Å². The van der Waals surface area contributed by atoms with Gasteiger partial charge >= 0.3 is 0 Å². The Kier molecular flexibility index (Phi) is 2.81. The largest absolute Gasteiger partial charge is 0.387 e. The molecule has 2 fully saturated rings. The van der Waals surface area contributed by atoms with Gasteiger partial charge in [-0.15, -0.1) is 0 Å². The summed E-state index contributed by atoms with van der Waals surface area (Å²) in [6, 6.07) is 0. The first-order chi connectivity index (χ1) is 6.56. The lowest BCUT2D eigenvalue weighted by molar-refractivity contribution is -0.0202. The molecule has 0 aromatic rings. The van der Waals surface area contributed by atoms with Gasteiger partial charge in [0.1, 0.15) is 0 Å². The van der Waals surface area contributed by atoms with Crippen LogP contribution in [0.3, 0.4) is 0 Å². The van der Waals surface area contributed by atoms with Crippen LogP contribution in [0.2, 0.25) is 0 Å². The number of likely N-dealkylation sites (tertiary alicyclic amines) is 1. The van der Waals surface area contributed by atoms with Crippen molar-refractivity contribution in [1.29, 1.82) is 0 Å². The summed E-state index contributed by atoms with van der Waals surface area (Å²) in [7, 11) is 2.05. The molecule has 2 aliphatic rings. The van der Waals surface area contributed by atoms with Gasteiger partial charge in [-0.05, 0) is 32.1 Å². The fourth-order valence-electron chi connectivity index (χ4n) is 2.57. The van der Waals surface area contributed by atoms with Crippen LogP contribution in [-0.4, -0.2) is 52.8 Å². The molecule has 2 saturated heterocycles. The third-order valence-electron chi connectivity index (χ3n) is 3.64. The summed E-state index contributed by atoms with van der Waals surface area (Å²) in [4.78, 5) is 2.17. The Balaban J connectivity index is 2.11. The predicted molar refractivity (Wildman–Crippen MR) is 60.5 cm³/mol. The van der Waals surface area contributed by atoms with E-state index < -0.39 is 5.60 Å². The van der Waals surface area contributed by atoms with Crippen LogP contribution in [0.4, 0.5) is 0 Å². The molecule has 2 atom stereocenters. The van der Waals surface area contributed by atoms with Crippen molar-refractivity contribution in [2.45, 2.75) is 30.4 Å². The first-order valence-corrected chi connectivity index (χ1v) is 6.49. The lowest BCUT2D eigenvalue weighted by Crippen LogP contribution is -2.64. The molecule has 2 unspecified atom stereocenters. The Hall–Kier alpha value is 0.230. The highest BCUT2D eigenvalue weighted by molar-refractivity contribution is 7.99. The fraction of sp³-hybridized carbons (Fsp3) is 1.00. The molecule has 0 amide bonds. The third kappa shape index (κ3) is 1.69. The second kappa shape index (κ2) is 3.67. The van der Waals surface area contributed by atoms with Gasteiger partial charge in [0.05, 0.1) is 11.1 Å². The molecule has 4 heteroatoms. The summed E-state index contributed by atoms with van der Waals surface area (Å²) >= 11 is 1.88. The standard InChI is InChI=1S/C10H20N2OS/c1-12-5-4-10(13,7-12)9(11)3-2-6-14-8-9/h13H,2-8,11H2,1H3.